The zero-order valence-corrected chi connectivity index (χ0v) is 8.41. The van der Waals surface area contributed by atoms with Crippen LogP contribution in [0.3, 0.4) is 0 Å². The quantitative estimate of drug-likeness (QED) is 0.692. The molecular weight excluding hydrogens is 198 g/mol. The molecule has 0 aromatic carbocycles. The Hall–Kier alpha value is -0.460. The van der Waals surface area contributed by atoms with Gasteiger partial charge in [0.15, 0.2) is 0 Å². The van der Waals surface area contributed by atoms with Crippen molar-refractivity contribution in [3.63, 3.8) is 0 Å². The molecule has 0 saturated carbocycles. The standard InChI is InChI=1S/C6H9NO3S2/c1-5-3-6(11-7-5)4-12(8,9)10-2/h3H,4H2,1-2H3. The highest BCUT2D eigenvalue weighted by molar-refractivity contribution is 7.86. The van der Waals surface area contributed by atoms with E-state index in [4.69, 9.17) is 0 Å². The lowest BCUT2D eigenvalue weighted by Crippen LogP contribution is -2.04. The maximum absolute atomic E-state index is 10.9. The summed E-state index contributed by atoms with van der Waals surface area (Å²) in [6.45, 7) is 1.82. The lowest BCUT2D eigenvalue weighted by molar-refractivity contribution is 0.397. The lowest BCUT2D eigenvalue weighted by atomic mass is 10.4. The molecule has 1 heterocycles. The number of nitrogens with zero attached hydrogens (tertiary/aromatic N) is 1. The second-order valence-electron chi connectivity index (χ2n) is 2.30. The van der Waals surface area contributed by atoms with Crippen molar-refractivity contribution in [2.75, 3.05) is 7.11 Å². The average molecular weight is 207 g/mol. The Kier molecular flexibility index (Phi) is 2.81. The Morgan fingerprint density at radius 1 is 1.67 bits per heavy atom. The molecule has 0 aliphatic heterocycles. The molecule has 4 nitrogen and oxygen atoms in total. The van der Waals surface area contributed by atoms with E-state index < -0.39 is 10.1 Å². The van der Waals surface area contributed by atoms with E-state index in [1.165, 1.54) is 11.5 Å². The van der Waals surface area contributed by atoms with Gasteiger partial charge in [-0.15, -0.1) is 0 Å². The van der Waals surface area contributed by atoms with Gasteiger partial charge in [-0.2, -0.15) is 12.8 Å². The van der Waals surface area contributed by atoms with Crippen LogP contribution in [-0.2, 0) is 20.1 Å². The fourth-order valence-electron chi connectivity index (χ4n) is 0.717. The van der Waals surface area contributed by atoms with Crippen molar-refractivity contribution >= 4 is 21.7 Å². The van der Waals surface area contributed by atoms with Gasteiger partial charge in [-0.1, -0.05) is 0 Å². The van der Waals surface area contributed by atoms with E-state index in [9.17, 15) is 8.42 Å². The van der Waals surface area contributed by atoms with Crippen LogP contribution in [0.2, 0.25) is 0 Å². The van der Waals surface area contributed by atoms with Crippen LogP contribution < -0.4 is 0 Å². The molecule has 0 atom stereocenters. The van der Waals surface area contributed by atoms with Crippen molar-refractivity contribution in [3.05, 3.63) is 16.6 Å². The van der Waals surface area contributed by atoms with Gasteiger partial charge in [-0.05, 0) is 24.5 Å². The van der Waals surface area contributed by atoms with E-state index in [1.54, 1.807) is 6.07 Å². The minimum atomic E-state index is -3.39. The molecule has 0 amide bonds. The van der Waals surface area contributed by atoms with Gasteiger partial charge in [0.2, 0.25) is 0 Å². The Morgan fingerprint density at radius 2 is 2.33 bits per heavy atom. The zero-order chi connectivity index (χ0) is 9.19. The molecule has 0 radical (unpaired) electrons. The third-order valence-electron chi connectivity index (χ3n) is 1.25. The third-order valence-corrected chi connectivity index (χ3v) is 3.48. The first-order valence-electron chi connectivity index (χ1n) is 3.24. The van der Waals surface area contributed by atoms with Gasteiger partial charge in [-0.3, -0.25) is 4.18 Å². The number of aromatic nitrogens is 1. The Balaban J connectivity index is 2.77. The van der Waals surface area contributed by atoms with Crippen LogP contribution >= 0.6 is 11.5 Å². The van der Waals surface area contributed by atoms with Crippen molar-refractivity contribution in [2.24, 2.45) is 0 Å². The summed E-state index contributed by atoms with van der Waals surface area (Å²) in [7, 11) is -2.23. The molecule has 1 rings (SSSR count). The molecule has 6 heteroatoms. The lowest BCUT2D eigenvalue weighted by Gasteiger charge is -1.95. The van der Waals surface area contributed by atoms with E-state index in [2.05, 4.69) is 8.56 Å². The fourth-order valence-corrected chi connectivity index (χ4v) is 2.45. The zero-order valence-electron chi connectivity index (χ0n) is 6.77. The maximum Gasteiger partial charge on any atom is 0.272 e. The molecule has 0 aliphatic carbocycles. The molecule has 0 bridgehead atoms. The van der Waals surface area contributed by atoms with Gasteiger partial charge in [0.05, 0.1) is 12.8 Å². The van der Waals surface area contributed by atoms with E-state index in [0.29, 0.717) is 4.88 Å². The molecule has 0 saturated heterocycles. The molecule has 12 heavy (non-hydrogen) atoms. The summed E-state index contributed by atoms with van der Waals surface area (Å²) in [5.41, 5.74) is 0.835. The van der Waals surface area contributed by atoms with Crippen LogP contribution in [0.4, 0.5) is 0 Å². The Labute approximate surface area is 75.5 Å². The highest BCUT2D eigenvalue weighted by atomic mass is 32.2. The maximum atomic E-state index is 10.9. The van der Waals surface area contributed by atoms with Gasteiger partial charge in [0.25, 0.3) is 10.1 Å². The van der Waals surface area contributed by atoms with Gasteiger partial charge in [0.1, 0.15) is 5.75 Å². The van der Waals surface area contributed by atoms with Crippen molar-refractivity contribution < 1.29 is 12.6 Å². The monoisotopic (exact) mass is 207 g/mol. The molecule has 0 fully saturated rings. The molecule has 1 aromatic heterocycles. The summed E-state index contributed by atoms with van der Waals surface area (Å²) in [6, 6.07) is 1.74. The predicted molar refractivity (Wildman–Crippen MR) is 46.5 cm³/mol. The van der Waals surface area contributed by atoms with Gasteiger partial charge < -0.3 is 0 Å². The molecule has 0 N–H and O–H groups in total. The summed E-state index contributed by atoms with van der Waals surface area (Å²) in [5, 5.41) is 0. The van der Waals surface area contributed by atoms with Crippen LogP contribution in [0.1, 0.15) is 10.6 Å². The van der Waals surface area contributed by atoms with Crippen molar-refractivity contribution in [3.8, 4) is 0 Å². The fraction of sp³-hybridized carbons (Fsp3) is 0.500. The molecule has 0 spiro atoms. The number of rotatable bonds is 3. The first-order valence-corrected chi connectivity index (χ1v) is 5.59. The number of hydrogen-bond donors (Lipinski definition) is 0. The van der Waals surface area contributed by atoms with Crippen LogP contribution in [0, 0.1) is 6.92 Å². The van der Waals surface area contributed by atoms with Crippen molar-refractivity contribution in [1.29, 1.82) is 0 Å². The summed E-state index contributed by atoms with van der Waals surface area (Å²) in [6.07, 6.45) is 0. The molecule has 0 unspecified atom stereocenters. The highest BCUT2D eigenvalue weighted by Gasteiger charge is 2.11. The van der Waals surface area contributed by atoms with Gasteiger partial charge in [0, 0.05) is 4.88 Å². The third kappa shape index (κ3) is 2.54. The SMILES string of the molecule is COS(=O)(=O)Cc1cc(C)ns1. The van der Waals surface area contributed by atoms with Crippen LogP contribution in [0.25, 0.3) is 0 Å². The van der Waals surface area contributed by atoms with E-state index >= 15 is 0 Å². The van der Waals surface area contributed by atoms with Crippen molar-refractivity contribution in [1.82, 2.24) is 4.37 Å². The summed E-state index contributed by atoms with van der Waals surface area (Å²) < 4.78 is 30.1. The Morgan fingerprint density at radius 3 is 2.75 bits per heavy atom. The second-order valence-corrected chi connectivity index (χ2v) is 4.93. The van der Waals surface area contributed by atoms with Crippen LogP contribution in [0.15, 0.2) is 6.07 Å². The number of aryl methyl sites for hydroxylation is 1. The summed E-state index contributed by atoms with van der Waals surface area (Å²) in [5.74, 6) is -0.0883. The first-order chi connectivity index (χ1) is 5.53. The minimum absolute atomic E-state index is 0.0883. The minimum Gasteiger partial charge on any atom is -0.273 e. The Bertz CT molecular complexity index is 355. The first kappa shape index (κ1) is 9.63. The van der Waals surface area contributed by atoms with E-state index in [-0.39, 0.29) is 5.75 Å². The topological polar surface area (TPSA) is 56.3 Å². The predicted octanol–water partition coefficient (Wildman–Crippen LogP) is 0.928. The molecular formula is C6H9NO3S2. The molecule has 0 aliphatic rings. The average Bonchev–Trinajstić information content (AvgIpc) is 2.35. The molecule has 68 valence electrons. The van der Waals surface area contributed by atoms with Crippen LogP contribution in [0.5, 0.6) is 0 Å². The smallest absolute Gasteiger partial charge is 0.272 e. The normalized spacial score (nSPS) is 11.8. The van der Waals surface area contributed by atoms with Gasteiger partial charge in [-0.25, -0.2) is 0 Å². The largest absolute Gasteiger partial charge is 0.273 e. The number of hydrogen-bond acceptors (Lipinski definition) is 5. The molecule has 1 aromatic rings. The van der Waals surface area contributed by atoms with Gasteiger partial charge >= 0.3 is 0 Å². The summed E-state index contributed by atoms with van der Waals surface area (Å²) >= 11 is 1.18. The highest BCUT2D eigenvalue weighted by Crippen LogP contribution is 2.13. The van der Waals surface area contributed by atoms with Crippen LogP contribution in [-0.4, -0.2) is 19.9 Å². The second kappa shape index (κ2) is 3.51. The van der Waals surface area contributed by atoms with E-state index in [1.807, 2.05) is 6.92 Å². The van der Waals surface area contributed by atoms with Crippen molar-refractivity contribution in [2.45, 2.75) is 12.7 Å². The van der Waals surface area contributed by atoms with E-state index in [0.717, 1.165) is 12.8 Å². The summed E-state index contributed by atoms with van der Waals surface area (Å²) in [4.78, 5) is 0.703.